The maximum Gasteiger partial charge on any atom is 0.123 e. The van der Waals surface area contributed by atoms with E-state index in [0.717, 1.165) is 23.1 Å². The Hall–Kier alpha value is -1.94. The minimum absolute atomic E-state index is 0.0419. The Kier molecular flexibility index (Phi) is 3.35. The Balaban J connectivity index is 2.17. The number of nitrogens with zero attached hydrogens (tertiary/aromatic N) is 2. The fraction of sp³-hybridized carbons (Fsp3) is 0.231. The van der Waals surface area contributed by atoms with E-state index in [4.69, 9.17) is 11.5 Å². The molecule has 2 heterocycles. The van der Waals surface area contributed by atoms with Gasteiger partial charge in [0.2, 0.25) is 0 Å². The molecule has 2 rings (SSSR count). The highest BCUT2D eigenvalue weighted by Gasteiger charge is 2.09. The molecule has 0 amide bonds. The molecule has 1 atom stereocenters. The molecule has 0 bridgehead atoms. The van der Waals surface area contributed by atoms with Gasteiger partial charge in [0, 0.05) is 24.6 Å². The number of rotatable bonds is 3. The van der Waals surface area contributed by atoms with Crippen molar-refractivity contribution in [3.8, 4) is 0 Å². The zero-order chi connectivity index (χ0) is 12.3. The predicted molar refractivity (Wildman–Crippen MR) is 68.3 cm³/mol. The number of anilines is 1. The van der Waals surface area contributed by atoms with Gasteiger partial charge in [0.05, 0.1) is 0 Å². The number of pyridine rings is 2. The van der Waals surface area contributed by atoms with Gasteiger partial charge in [0.1, 0.15) is 5.82 Å². The topological polar surface area (TPSA) is 77.8 Å². The lowest BCUT2D eigenvalue weighted by molar-refractivity contribution is 0.714. The van der Waals surface area contributed by atoms with Crippen molar-refractivity contribution in [3.05, 3.63) is 53.5 Å². The average molecular weight is 228 g/mol. The molecule has 0 radical (unpaired) electrons. The van der Waals surface area contributed by atoms with Gasteiger partial charge in [-0.3, -0.25) is 4.98 Å². The maximum absolute atomic E-state index is 6.19. The second-order valence-corrected chi connectivity index (χ2v) is 4.13. The van der Waals surface area contributed by atoms with Gasteiger partial charge in [-0.1, -0.05) is 0 Å². The summed E-state index contributed by atoms with van der Waals surface area (Å²) in [6.45, 7) is 2.02. The van der Waals surface area contributed by atoms with Gasteiger partial charge < -0.3 is 11.5 Å². The number of aryl methyl sites for hydroxylation is 1. The summed E-state index contributed by atoms with van der Waals surface area (Å²) in [7, 11) is 0. The van der Waals surface area contributed by atoms with E-state index in [1.807, 2.05) is 31.3 Å². The molecule has 2 aromatic heterocycles. The minimum atomic E-state index is -0.0419. The van der Waals surface area contributed by atoms with Crippen molar-refractivity contribution >= 4 is 5.82 Å². The lowest BCUT2D eigenvalue weighted by atomic mass is 9.98. The molecule has 0 spiro atoms. The molecule has 0 aliphatic heterocycles. The largest absolute Gasteiger partial charge is 0.384 e. The summed E-state index contributed by atoms with van der Waals surface area (Å²) in [6, 6.07) is 5.72. The molecule has 2 aromatic rings. The summed E-state index contributed by atoms with van der Waals surface area (Å²) in [6.07, 6.45) is 6.05. The molecule has 0 aliphatic rings. The second kappa shape index (κ2) is 4.93. The summed E-state index contributed by atoms with van der Waals surface area (Å²) < 4.78 is 0. The van der Waals surface area contributed by atoms with Gasteiger partial charge in [0.25, 0.3) is 0 Å². The molecule has 0 saturated carbocycles. The van der Waals surface area contributed by atoms with Gasteiger partial charge >= 0.3 is 0 Å². The first kappa shape index (κ1) is 11.5. The molecular formula is C13H16N4. The molecule has 0 aromatic carbocycles. The van der Waals surface area contributed by atoms with Crippen LogP contribution in [0.5, 0.6) is 0 Å². The van der Waals surface area contributed by atoms with Crippen LogP contribution in [0.15, 0.2) is 36.8 Å². The third-order valence-corrected chi connectivity index (χ3v) is 2.76. The fourth-order valence-corrected chi connectivity index (χ4v) is 1.89. The second-order valence-electron chi connectivity index (χ2n) is 4.13. The van der Waals surface area contributed by atoms with Crippen LogP contribution in [0.25, 0.3) is 0 Å². The van der Waals surface area contributed by atoms with E-state index in [1.54, 1.807) is 12.4 Å². The van der Waals surface area contributed by atoms with Gasteiger partial charge in [-0.15, -0.1) is 0 Å². The van der Waals surface area contributed by atoms with Gasteiger partial charge in [-0.05, 0) is 48.2 Å². The molecule has 1 unspecified atom stereocenters. The van der Waals surface area contributed by atoms with Gasteiger partial charge in [-0.25, -0.2) is 4.98 Å². The van der Waals surface area contributed by atoms with Crippen LogP contribution in [-0.2, 0) is 6.42 Å². The summed E-state index contributed by atoms with van der Waals surface area (Å²) >= 11 is 0. The summed E-state index contributed by atoms with van der Waals surface area (Å²) in [5.41, 5.74) is 15.2. The quantitative estimate of drug-likeness (QED) is 0.836. The van der Waals surface area contributed by atoms with Crippen LogP contribution in [0.4, 0.5) is 5.82 Å². The lowest BCUT2D eigenvalue weighted by Crippen LogP contribution is -2.15. The first-order valence-electron chi connectivity index (χ1n) is 5.53. The van der Waals surface area contributed by atoms with Crippen LogP contribution < -0.4 is 11.5 Å². The van der Waals surface area contributed by atoms with E-state index in [-0.39, 0.29) is 6.04 Å². The van der Waals surface area contributed by atoms with E-state index in [0.29, 0.717) is 5.82 Å². The third-order valence-electron chi connectivity index (χ3n) is 2.76. The van der Waals surface area contributed by atoms with E-state index in [9.17, 15) is 0 Å². The molecule has 88 valence electrons. The zero-order valence-corrected chi connectivity index (χ0v) is 9.80. The SMILES string of the molecule is Cc1cnccc1C(N)Cc1ccnc(N)c1. The Labute approximate surface area is 101 Å². The zero-order valence-electron chi connectivity index (χ0n) is 9.80. The van der Waals surface area contributed by atoms with Crippen LogP contribution >= 0.6 is 0 Å². The molecule has 0 aliphatic carbocycles. The van der Waals surface area contributed by atoms with E-state index in [1.165, 1.54) is 0 Å². The molecule has 4 nitrogen and oxygen atoms in total. The van der Waals surface area contributed by atoms with Gasteiger partial charge in [0.15, 0.2) is 0 Å². The predicted octanol–water partition coefficient (Wildman–Crippen LogP) is 1.61. The van der Waals surface area contributed by atoms with Crippen molar-refractivity contribution in [3.63, 3.8) is 0 Å². The van der Waals surface area contributed by atoms with Crippen LogP contribution in [0.2, 0.25) is 0 Å². The third kappa shape index (κ3) is 2.79. The first-order chi connectivity index (χ1) is 8.16. The molecule has 4 heteroatoms. The highest BCUT2D eigenvalue weighted by Crippen LogP contribution is 2.19. The molecular weight excluding hydrogens is 212 g/mol. The van der Waals surface area contributed by atoms with Gasteiger partial charge in [-0.2, -0.15) is 0 Å². The standard InChI is InChI=1S/C13H16N4/c1-9-8-16-4-3-11(9)12(14)6-10-2-5-17-13(15)7-10/h2-5,7-8,12H,6,14H2,1H3,(H2,15,17). The summed E-state index contributed by atoms with van der Waals surface area (Å²) in [5, 5.41) is 0. The number of nitrogens with two attached hydrogens (primary N) is 2. The van der Waals surface area contributed by atoms with E-state index in [2.05, 4.69) is 9.97 Å². The molecule has 0 fully saturated rings. The van der Waals surface area contributed by atoms with Crippen molar-refractivity contribution < 1.29 is 0 Å². The molecule has 17 heavy (non-hydrogen) atoms. The normalized spacial score (nSPS) is 12.4. The average Bonchev–Trinajstić information content (AvgIpc) is 2.29. The van der Waals surface area contributed by atoms with Crippen molar-refractivity contribution in [1.29, 1.82) is 0 Å². The lowest BCUT2D eigenvalue weighted by Gasteiger charge is -2.14. The van der Waals surface area contributed by atoms with Crippen molar-refractivity contribution in [2.24, 2.45) is 5.73 Å². The highest BCUT2D eigenvalue weighted by molar-refractivity contribution is 5.34. The van der Waals surface area contributed by atoms with Crippen molar-refractivity contribution in [2.75, 3.05) is 5.73 Å². The Morgan fingerprint density at radius 2 is 2.12 bits per heavy atom. The Morgan fingerprint density at radius 3 is 2.82 bits per heavy atom. The Morgan fingerprint density at radius 1 is 1.29 bits per heavy atom. The smallest absolute Gasteiger partial charge is 0.123 e. The summed E-state index contributed by atoms with van der Waals surface area (Å²) in [5.74, 6) is 0.529. The molecule has 0 saturated heterocycles. The van der Waals surface area contributed by atoms with E-state index >= 15 is 0 Å². The fourth-order valence-electron chi connectivity index (χ4n) is 1.89. The minimum Gasteiger partial charge on any atom is -0.384 e. The van der Waals surface area contributed by atoms with Crippen LogP contribution in [0.3, 0.4) is 0 Å². The first-order valence-corrected chi connectivity index (χ1v) is 5.53. The number of nitrogen functional groups attached to an aromatic ring is 1. The highest BCUT2D eigenvalue weighted by atomic mass is 14.8. The monoisotopic (exact) mass is 228 g/mol. The number of hydrogen-bond donors (Lipinski definition) is 2. The number of hydrogen-bond acceptors (Lipinski definition) is 4. The maximum atomic E-state index is 6.19. The van der Waals surface area contributed by atoms with Crippen molar-refractivity contribution in [1.82, 2.24) is 9.97 Å². The number of aromatic nitrogens is 2. The van der Waals surface area contributed by atoms with Crippen molar-refractivity contribution in [2.45, 2.75) is 19.4 Å². The van der Waals surface area contributed by atoms with Crippen LogP contribution in [-0.4, -0.2) is 9.97 Å². The van der Waals surface area contributed by atoms with Crippen LogP contribution in [0.1, 0.15) is 22.7 Å². The van der Waals surface area contributed by atoms with E-state index < -0.39 is 0 Å². The molecule has 4 N–H and O–H groups in total. The van der Waals surface area contributed by atoms with Crippen LogP contribution in [0, 0.1) is 6.92 Å². The Bertz CT molecular complexity index is 510. The summed E-state index contributed by atoms with van der Waals surface area (Å²) in [4.78, 5) is 8.03.